The molecule has 1 aliphatic rings. The predicted octanol–water partition coefficient (Wildman–Crippen LogP) is 4.27. The average Bonchev–Trinajstić information content (AvgIpc) is 2.54. The number of amides is 1. The molecule has 1 aliphatic carbocycles. The zero-order valence-corrected chi connectivity index (χ0v) is 15.2. The summed E-state index contributed by atoms with van der Waals surface area (Å²) in [6.45, 7) is 7.18. The van der Waals surface area contributed by atoms with Gasteiger partial charge in [0.15, 0.2) is 0 Å². The molecule has 1 amide bonds. The van der Waals surface area contributed by atoms with Crippen LogP contribution >= 0.6 is 0 Å². The minimum atomic E-state index is -0.387. The van der Waals surface area contributed by atoms with Crippen LogP contribution < -0.4 is 5.32 Å². The van der Waals surface area contributed by atoms with Crippen molar-refractivity contribution in [3.63, 3.8) is 0 Å². The molecule has 134 valence electrons. The smallest absolute Gasteiger partial charge is 0.407 e. The summed E-state index contributed by atoms with van der Waals surface area (Å²) in [7, 11) is 0. The van der Waals surface area contributed by atoms with Crippen molar-refractivity contribution in [3.8, 4) is 0 Å². The van der Waals surface area contributed by atoms with Crippen LogP contribution in [0.15, 0.2) is 30.3 Å². The lowest BCUT2D eigenvalue weighted by molar-refractivity contribution is 0.0779. The molecule has 2 N–H and O–H groups in total. The first-order valence-electron chi connectivity index (χ1n) is 8.94. The Morgan fingerprint density at radius 2 is 1.88 bits per heavy atom. The van der Waals surface area contributed by atoms with E-state index in [1.165, 1.54) is 0 Å². The van der Waals surface area contributed by atoms with E-state index >= 15 is 0 Å². The molecule has 2 rings (SSSR count). The number of alkyl carbamates (subject to hydrolysis) is 1. The molecule has 4 heteroatoms. The average molecular weight is 333 g/mol. The number of ether oxygens (including phenoxy) is 1. The van der Waals surface area contributed by atoms with Gasteiger partial charge in [0.25, 0.3) is 0 Å². The third-order valence-electron chi connectivity index (χ3n) is 5.34. The van der Waals surface area contributed by atoms with E-state index in [1.807, 2.05) is 30.3 Å². The molecule has 0 bridgehead atoms. The Hall–Kier alpha value is -1.55. The van der Waals surface area contributed by atoms with Gasteiger partial charge in [-0.25, -0.2) is 4.79 Å². The largest absolute Gasteiger partial charge is 0.445 e. The van der Waals surface area contributed by atoms with Crippen LogP contribution in [0.25, 0.3) is 0 Å². The van der Waals surface area contributed by atoms with E-state index in [4.69, 9.17) is 4.74 Å². The summed E-state index contributed by atoms with van der Waals surface area (Å²) in [5.41, 5.74) is 0.934. The SMILES string of the molecule is CC(C)(C)C1CCC(CCO)(NC(=O)OCc2ccccc2)CC1. The standard InChI is InChI=1S/C20H31NO3/c1-19(2,3)17-9-11-20(12-10-17,13-14-22)21-18(23)24-15-16-7-5-4-6-8-16/h4-8,17,22H,9-15H2,1-3H3,(H,21,23). The fourth-order valence-corrected chi connectivity index (χ4v) is 3.66. The maximum atomic E-state index is 12.2. The van der Waals surface area contributed by atoms with Gasteiger partial charge in [0.1, 0.15) is 6.61 Å². The number of hydrogen-bond acceptors (Lipinski definition) is 3. The Morgan fingerprint density at radius 3 is 2.42 bits per heavy atom. The topological polar surface area (TPSA) is 58.6 Å². The third-order valence-corrected chi connectivity index (χ3v) is 5.34. The molecule has 0 saturated heterocycles. The molecule has 0 spiro atoms. The van der Waals surface area contributed by atoms with Gasteiger partial charge in [-0.1, -0.05) is 51.1 Å². The normalized spacial score (nSPS) is 24.4. The molecule has 1 aromatic carbocycles. The van der Waals surface area contributed by atoms with Crippen LogP contribution in [-0.2, 0) is 11.3 Å². The lowest BCUT2D eigenvalue weighted by Gasteiger charge is -2.44. The van der Waals surface area contributed by atoms with E-state index in [1.54, 1.807) is 0 Å². The van der Waals surface area contributed by atoms with Gasteiger partial charge in [0.2, 0.25) is 0 Å². The lowest BCUT2D eigenvalue weighted by atomic mass is 9.66. The molecule has 4 nitrogen and oxygen atoms in total. The number of benzene rings is 1. The van der Waals surface area contributed by atoms with Crippen LogP contribution in [0.2, 0.25) is 0 Å². The summed E-state index contributed by atoms with van der Waals surface area (Å²) < 4.78 is 5.36. The molecule has 1 aromatic rings. The molecule has 0 heterocycles. The quantitative estimate of drug-likeness (QED) is 0.846. The fraction of sp³-hybridized carbons (Fsp3) is 0.650. The summed E-state index contributed by atoms with van der Waals surface area (Å²) >= 11 is 0. The van der Waals surface area contributed by atoms with E-state index in [2.05, 4.69) is 26.1 Å². The molecule has 0 atom stereocenters. The number of nitrogens with one attached hydrogen (secondary N) is 1. The van der Waals surface area contributed by atoms with E-state index in [0.717, 1.165) is 31.2 Å². The Kier molecular flexibility index (Phi) is 6.27. The van der Waals surface area contributed by atoms with Crippen LogP contribution in [0, 0.1) is 11.3 Å². The van der Waals surface area contributed by atoms with Crippen molar-refractivity contribution < 1.29 is 14.6 Å². The summed E-state index contributed by atoms with van der Waals surface area (Å²) in [5, 5.41) is 12.5. The highest BCUT2D eigenvalue weighted by molar-refractivity contribution is 5.68. The Bertz CT molecular complexity index is 513. The number of carbonyl (C=O) groups excluding carboxylic acids is 1. The van der Waals surface area contributed by atoms with Crippen LogP contribution in [0.1, 0.15) is 58.4 Å². The highest BCUT2D eigenvalue weighted by Gasteiger charge is 2.39. The van der Waals surface area contributed by atoms with Gasteiger partial charge in [0, 0.05) is 12.1 Å². The molecule has 24 heavy (non-hydrogen) atoms. The zero-order valence-electron chi connectivity index (χ0n) is 15.2. The number of hydrogen-bond donors (Lipinski definition) is 2. The molecule has 0 aliphatic heterocycles. The van der Waals surface area contributed by atoms with Crippen molar-refractivity contribution in [2.24, 2.45) is 11.3 Å². The van der Waals surface area contributed by atoms with E-state index in [9.17, 15) is 9.90 Å². The van der Waals surface area contributed by atoms with Crippen molar-refractivity contribution in [2.75, 3.05) is 6.61 Å². The van der Waals surface area contributed by atoms with Gasteiger partial charge in [-0.2, -0.15) is 0 Å². The van der Waals surface area contributed by atoms with Crippen molar-refractivity contribution >= 4 is 6.09 Å². The van der Waals surface area contributed by atoms with Crippen LogP contribution in [0.3, 0.4) is 0 Å². The molecule has 1 saturated carbocycles. The Balaban J connectivity index is 1.90. The number of carbonyl (C=O) groups is 1. The second kappa shape index (κ2) is 8.02. The fourth-order valence-electron chi connectivity index (χ4n) is 3.66. The summed E-state index contributed by atoms with van der Waals surface area (Å²) in [6, 6.07) is 9.67. The highest BCUT2D eigenvalue weighted by atomic mass is 16.5. The van der Waals surface area contributed by atoms with Crippen LogP contribution in [-0.4, -0.2) is 23.3 Å². The van der Waals surface area contributed by atoms with E-state index in [-0.39, 0.29) is 24.8 Å². The summed E-state index contributed by atoms with van der Waals surface area (Å²) in [6.07, 6.45) is 4.14. The maximum absolute atomic E-state index is 12.2. The van der Waals surface area contributed by atoms with E-state index < -0.39 is 0 Å². The van der Waals surface area contributed by atoms with Crippen molar-refractivity contribution in [3.05, 3.63) is 35.9 Å². The lowest BCUT2D eigenvalue weighted by Crippen LogP contribution is -2.52. The second-order valence-electron chi connectivity index (χ2n) is 8.08. The maximum Gasteiger partial charge on any atom is 0.407 e. The monoisotopic (exact) mass is 333 g/mol. The van der Waals surface area contributed by atoms with Gasteiger partial charge < -0.3 is 15.2 Å². The highest BCUT2D eigenvalue weighted by Crippen LogP contribution is 2.42. The van der Waals surface area contributed by atoms with Crippen molar-refractivity contribution in [2.45, 2.75) is 65.0 Å². The van der Waals surface area contributed by atoms with Gasteiger partial charge in [0.05, 0.1) is 0 Å². The third kappa shape index (κ3) is 5.23. The first-order valence-corrected chi connectivity index (χ1v) is 8.94. The minimum absolute atomic E-state index is 0.0825. The number of aliphatic hydroxyl groups excluding tert-OH is 1. The number of aliphatic hydroxyl groups is 1. The van der Waals surface area contributed by atoms with Gasteiger partial charge >= 0.3 is 6.09 Å². The Labute approximate surface area is 145 Å². The summed E-state index contributed by atoms with van der Waals surface area (Å²) in [5.74, 6) is 0.659. The van der Waals surface area contributed by atoms with Gasteiger partial charge in [-0.05, 0) is 49.0 Å². The first-order chi connectivity index (χ1) is 11.3. The van der Waals surface area contributed by atoms with Crippen LogP contribution in [0.4, 0.5) is 4.79 Å². The van der Waals surface area contributed by atoms with Crippen molar-refractivity contribution in [1.29, 1.82) is 0 Å². The van der Waals surface area contributed by atoms with Crippen LogP contribution in [0.5, 0.6) is 0 Å². The molecule has 0 aromatic heterocycles. The van der Waals surface area contributed by atoms with Gasteiger partial charge in [-0.15, -0.1) is 0 Å². The predicted molar refractivity (Wildman–Crippen MR) is 95.6 cm³/mol. The van der Waals surface area contributed by atoms with Gasteiger partial charge in [-0.3, -0.25) is 0 Å². The zero-order chi connectivity index (χ0) is 17.6. The summed E-state index contributed by atoms with van der Waals surface area (Å²) in [4.78, 5) is 12.2. The molecule has 0 radical (unpaired) electrons. The molecule has 1 fully saturated rings. The molecular formula is C20H31NO3. The molecular weight excluding hydrogens is 302 g/mol. The Morgan fingerprint density at radius 1 is 1.25 bits per heavy atom. The first kappa shape index (κ1) is 18.8. The number of rotatable bonds is 5. The molecule has 0 unspecified atom stereocenters. The second-order valence-corrected chi connectivity index (χ2v) is 8.08. The minimum Gasteiger partial charge on any atom is -0.445 e. The van der Waals surface area contributed by atoms with Crippen molar-refractivity contribution in [1.82, 2.24) is 5.32 Å². The van der Waals surface area contributed by atoms with E-state index in [0.29, 0.717) is 17.8 Å².